The van der Waals surface area contributed by atoms with E-state index < -0.39 is 0 Å². The second kappa shape index (κ2) is 7.41. The summed E-state index contributed by atoms with van der Waals surface area (Å²) in [6.45, 7) is 9.48. The number of fused-ring (bicyclic) bond motifs is 1. The number of anilines is 1. The SMILES string of the molecule is CCNCc1cc2ccccc2c(N(C)CCC(C)C)n1. The molecule has 114 valence electrons. The zero-order chi connectivity index (χ0) is 15.2. The van der Waals surface area contributed by atoms with Crippen molar-refractivity contribution in [3.63, 3.8) is 0 Å². The monoisotopic (exact) mass is 285 g/mol. The summed E-state index contributed by atoms with van der Waals surface area (Å²) in [7, 11) is 2.15. The highest BCUT2D eigenvalue weighted by Crippen LogP contribution is 2.25. The molecule has 3 heteroatoms. The van der Waals surface area contributed by atoms with Crippen molar-refractivity contribution in [2.24, 2.45) is 5.92 Å². The van der Waals surface area contributed by atoms with E-state index in [-0.39, 0.29) is 0 Å². The summed E-state index contributed by atoms with van der Waals surface area (Å²) >= 11 is 0. The molecule has 3 nitrogen and oxygen atoms in total. The topological polar surface area (TPSA) is 28.2 Å². The van der Waals surface area contributed by atoms with Gasteiger partial charge in [0.2, 0.25) is 0 Å². The second-order valence-corrected chi connectivity index (χ2v) is 6.04. The molecule has 1 heterocycles. The van der Waals surface area contributed by atoms with Gasteiger partial charge in [0.15, 0.2) is 0 Å². The van der Waals surface area contributed by atoms with Gasteiger partial charge >= 0.3 is 0 Å². The van der Waals surface area contributed by atoms with Gasteiger partial charge in [0.25, 0.3) is 0 Å². The highest BCUT2D eigenvalue weighted by atomic mass is 15.2. The molecule has 0 saturated heterocycles. The van der Waals surface area contributed by atoms with E-state index in [2.05, 4.69) is 68.4 Å². The van der Waals surface area contributed by atoms with Crippen molar-refractivity contribution in [1.29, 1.82) is 0 Å². The van der Waals surface area contributed by atoms with E-state index in [4.69, 9.17) is 4.98 Å². The Morgan fingerprint density at radius 1 is 1.24 bits per heavy atom. The van der Waals surface area contributed by atoms with Crippen LogP contribution >= 0.6 is 0 Å². The third-order valence-corrected chi connectivity index (χ3v) is 3.73. The Kier molecular flexibility index (Phi) is 5.57. The van der Waals surface area contributed by atoms with Gasteiger partial charge < -0.3 is 10.2 Å². The maximum atomic E-state index is 4.88. The Bertz CT molecular complexity index is 578. The molecule has 0 aliphatic heterocycles. The zero-order valence-corrected chi connectivity index (χ0v) is 13.7. The lowest BCUT2D eigenvalue weighted by Crippen LogP contribution is -2.22. The zero-order valence-electron chi connectivity index (χ0n) is 13.7. The van der Waals surface area contributed by atoms with Crippen molar-refractivity contribution in [2.45, 2.75) is 33.7 Å². The molecule has 2 rings (SSSR count). The number of hydrogen-bond acceptors (Lipinski definition) is 3. The molecule has 1 N–H and O–H groups in total. The lowest BCUT2D eigenvalue weighted by atomic mass is 10.1. The fourth-order valence-electron chi connectivity index (χ4n) is 2.43. The molecule has 0 bridgehead atoms. The van der Waals surface area contributed by atoms with Crippen molar-refractivity contribution in [3.8, 4) is 0 Å². The molecule has 1 aromatic carbocycles. The Labute approximate surface area is 128 Å². The maximum absolute atomic E-state index is 4.88. The van der Waals surface area contributed by atoms with Gasteiger partial charge in [-0.15, -0.1) is 0 Å². The Morgan fingerprint density at radius 2 is 2.00 bits per heavy atom. The highest BCUT2D eigenvalue weighted by Gasteiger charge is 2.10. The van der Waals surface area contributed by atoms with Crippen LogP contribution in [0, 0.1) is 5.92 Å². The second-order valence-electron chi connectivity index (χ2n) is 6.04. The number of aromatic nitrogens is 1. The third-order valence-electron chi connectivity index (χ3n) is 3.73. The summed E-state index contributed by atoms with van der Waals surface area (Å²) in [5.74, 6) is 1.81. The van der Waals surface area contributed by atoms with Crippen molar-refractivity contribution in [3.05, 3.63) is 36.0 Å². The summed E-state index contributed by atoms with van der Waals surface area (Å²) in [4.78, 5) is 7.17. The van der Waals surface area contributed by atoms with Gasteiger partial charge in [-0.2, -0.15) is 0 Å². The van der Waals surface area contributed by atoms with Gasteiger partial charge in [-0.05, 0) is 30.3 Å². The number of nitrogens with one attached hydrogen (secondary N) is 1. The lowest BCUT2D eigenvalue weighted by Gasteiger charge is -2.22. The van der Waals surface area contributed by atoms with E-state index in [9.17, 15) is 0 Å². The molecule has 0 radical (unpaired) electrons. The fraction of sp³-hybridized carbons (Fsp3) is 0.500. The van der Waals surface area contributed by atoms with Crippen LogP contribution in [0.5, 0.6) is 0 Å². The molecule has 0 saturated carbocycles. The van der Waals surface area contributed by atoms with Crippen molar-refractivity contribution in [1.82, 2.24) is 10.3 Å². The molecule has 0 aliphatic carbocycles. The van der Waals surface area contributed by atoms with E-state index in [1.54, 1.807) is 0 Å². The molecule has 1 aromatic heterocycles. The molecule has 0 unspecified atom stereocenters. The van der Waals surface area contributed by atoms with Crippen LogP contribution in [0.25, 0.3) is 10.8 Å². The van der Waals surface area contributed by atoms with Gasteiger partial charge in [0, 0.05) is 25.5 Å². The molecule has 2 aromatic rings. The minimum Gasteiger partial charge on any atom is -0.359 e. The summed E-state index contributed by atoms with van der Waals surface area (Å²) in [5.41, 5.74) is 1.11. The summed E-state index contributed by atoms with van der Waals surface area (Å²) < 4.78 is 0. The third kappa shape index (κ3) is 4.18. The van der Waals surface area contributed by atoms with Crippen LogP contribution in [0.1, 0.15) is 32.9 Å². The van der Waals surface area contributed by atoms with Gasteiger partial charge in [-0.3, -0.25) is 0 Å². The number of benzene rings is 1. The highest BCUT2D eigenvalue weighted by molar-refractivity contribution is 5.92. The molecule has 0 spiro atoms. The van der Waals surface area contributed by atoms with Crippen LogP contribution in [0.2, 0.25) is 0 Å². The molecule has 21 heavy (non-hydrogen) atoms. The van der Waals surface area contributed by atoms with Crippen LogP contribution in [-0.4, -0.2) is 25.1 Å². The predicted octanol–water partition coefficient (Wildman–Crippen LogP) is 3.83. The van der Waals surface area contributed by atoms with E-state index in [1.165, 1.54) is 17.2 Å². The van der Waals surface area contributed by atoms with E-state index >= 15 is 0 Å². The van der Waals surface area contributed by atoms with E-state index in [0.29, 0.717) is 5.92 Å². The van der Waals surface area contributed by atoms with Crippen molar-refractivity contribution < 1.29 is 0 Å². The predicted molar refractivity (Wildman–Crippen MR) is 91.8 cm³/mol. The summed E-state index contributed by atoms with van der Waals surface area (Å²) in [6, 6.07) is 10.7. The molecular weight excluding hydrogens is 258 g/mol. The van der Waals surface area contributed by atoms with E-state index in [1.807, 2.05) is 0 Å². The number of rotatable bonds is 7. The first-order valence-corrected chi connectivity index (χ1v) is 7.92. The van der Waals surface area contributed by atoms with Crippen LogP contribution in [0.3, 0.4) is 0 Å². The summed E-state index contributed by atoms with van der Waals surface area (Å²) in [6.07, 6.45) is 1.18. The largest absolute Gasteiger partial charge is 0.359 e. The molecule has 0 aliphatic rings. The fourth-order valence-corrected chi connectivity index (χ4v) is 2.43. The molecule has 0 amide bonds. The summed E-state index contributed by atoms with van der Waals surface area (Å²) in [5, 5.41) is 5.87. The quantitative estimate of drug-likeness (QED) is 0.838. The lowest BCUT2D eigenvalue weighted by molar-refractivity contribution is 0.583. The standard InChI is InChI=1S/C18H27N3/c1-5-19-13-16-12-15-8-6-7-9-17(15)18(20-16)21(4)11-10-14(2)3/h6-9,12,14,19H,5,10-11,13H2,1-4H3. The number of hydrogen-bond donors (Lipinski definition) is 1. The van der Waals surface area contributed by atoms with Gasteiger partial charge in [-0.1, -0.05) is 45.0 Å². The Hall–Kier alpha value is -1.61. The minimum absolute atomic E-state index is 0.712. The number of nitrogens with zero attached hydrogens (tertiary/aromatic N) is 2. The van der Waals surface area contributed by atoms with Gasteiger partial charge in [0.05, 0.1) is 5.69 Å². The first kappa shape index (κ1) is 15.8. The van der Waals surface area contributed by atoms with Crippen LogP contribution in [-0.2, 0) is 6.54 Å². The maximum Gasteiger partial charge on any atom is 0.136 e. The molecule has 0 fully saturated rings. The van der Waals surface area contributed by atoms with Crippen LogP contribution in [0.15, 0.2) is 30.3 Å². The number of pyridine rings is 1. The average molecular weight is 285 g/mol. The minimum atomic E-state index is 0.712. The first-order valence-electron chi connectivity index (χ1n) is 7.92. The van der Waals surface area contributed by atoms with Crippen LogP contribution in [0.4, 0.5) is 5.82 Å². The first-order chi connectivity index (χ1) is 10.1. The van der Waals surface area contributed by atoms with Gasteiger partial charge in [0.1, 0.15) is 5.82 Å². The molecule has 0 atom stereocenters. The Morgan fingerprint density at radius 3 is 2.71 bits per heavy atom. The molecular formula is C18H27N3. The smallest absolute Gasteiger partial charge is 0.136 e. The van der Waals surface area contributed by atoms with Crippen LogP contribution < -0.4 is 10.2 Å². The van der Waals surface area contributed by atoms with Gasteiger partial charge in [-0.25, -0.2) is 4.98 Å². The van der Waals surface area contributed by atoms with E-state index in [0.717, 1.165) is 31.1 Å². The normalized spacial score (nSPS) is 11.3. The Balaban J connectivity index is 2.34. The van der Waals surface area contributed by atoms with Crippen molar-refractivity contribution >= 4 is 16.6 Å². The average Bonchev–Trinajstić information content (AvgIpc) is 2.49. The van der Waals surface area contributed by atoms with Crippen molar-refractivity contribution in [2.75, 3.05) is 25.0 Å².